The van der Waals surface area contributed by atoms with Gasteiger partial charge in [0.05, 0.1) is 18.4 Å². The summed E-state index contributed by atoms with van der Waals surface area (Å²) in [5.41, 5.74) is 4.33. The number of aromatic amines is 1. The molecule has 0 spiro atoms. The van der Waals surface area contributed by atoms with Crippen molar-refractivity contribution in [3.8, 4) is 17.1 Å². The summed E-state index contributed by atoms with van der Waals surface area (Å²) in [6.07, 6.45) is 1.98. The van der Waals surface area contributed by atoms with Gasteiger partial charge >= 0.3 is 0 Å². The fraction of sp³-hybridized carbons (Fsp3) is 0.500. The first-order valence-electron chi connectivity index (χ1n) is 8.94. The van der Waals surface area contributed by atoms with E-state index in [1.165, 1.54) is 0 Å². The van der Waals surface area contributed by atoms with Crippen LogP contribution in [0.3, 0.4) is 0 Å². The maximum atomic E-state index is 12.8. The summed E-state index contributed by atoms with van der Waals surface area (Å²) in [4.78, 5) is 22.6. The highest BCUT2D eigenvalue weighted by molar-refractivity contribution is 5.70. The molecule has 1 aromatic carbocycles. The number of aromatic nitrogens is 2. The summed E-state index contributed by atoms with van der Waals surface area (Å²) >= 11 is 0. The van der Waals surface area contributed by atoms with E-state index in [0.29, 0.717) is 11.5 Å². The Morgan fingerprint density at radius 3 is 2.28 bits per heavy atom. The molecule has 2 aromatic rings. The number of hydrogen-bond donors (Lipinski definition) is 1. The molecule has 5 nitrogen and oxygen atoms in total. The highest BCUT2D eigenvalue weighted by Crippen LogP contribution is 2.32. The molecule has 0 unspecified atom stereocenters. The third-order valence-corrected chi connectivity index (χ3v) is 4.27. The van der Waals surface area contributed by atoms with Gasteiger partial charge in [-0.2, -0.15) is 0 Å². The van der Waals surface area contributed by atoms with Crippen LogP contribution in [0.2, 0.25) is 0 Å². The third-order valence-electron chi connectivity index (χ3n) is 4.27. The minimum absolute atomic E-state index is 0.0913. The van der Waals surface area contributed by atoms with Crippen molar-refractivity contribution in [2.45, 2.75) is 47.5 Å². The summed E-state index contributed by atoms with van der Waals surface area (Å²) in [6, 6.07) is 4.04. The van der Waals surface area contributed by atoms with E-state index in [1.807, 2.05) is 26.8 Å². The second-order valence-electron chi connectivity index (χ2n) is 6.49. The van der Waals surface area contributed by atoms with Crippen LogP contribution < -0.4 is 15.2 Å². The summed E-state index contributed by atoms with van der Waals surface area (Å²) in [5, 5.41) is 0. The van der Waals surface area contributed by atoms with Gasteiger partial charge in [0, 0.05) is 13.1 Å². The predicted molar refractivity (Wildman–Crippen MR) is 104 cm³/mol. The van der Waals surface area contributed by atoms with Crippen LogP contribution in [0, 0.1) is 20.8 Å². The Morgan fingerprint density at radius 2 is 1.76 bits per heavy atom. The van der Waals surface area contributed by atoms with Crippen LogP contribution in [0.25, 0.3) is 11.4 Å². The quantitative estimate of drug-likeness (QED) is 0.825. The van der Waals surface area contributed by atoms with Gasteiger partial charge < -0.3 is 14.6 Å². The molecule has 0 atom stereocenters. The molecule has 1 N–H and O–H groups in total. The smallest absolute Gasteiger partial charge is 0.275 e. The summed E-state index contributed by atoms with van der Waals surface area (Å²) < 4.78 is 5.52. The molecule has 0 aliphatic carbocycles. The molecule has 0 aliphatic rings. The fourth-order valence-electron chi connectivity index (χ4n) is 3.34. The number of methoxy groups -OCH3 is 1. The lowest BCUT2D eigenvalue weighted by atomic mass is 10.0. The SMILES string of the molecule is CCCN(CCC)c1c(C)nc(-c2c(C)cc(C)cc2OC)[nH]c1=O. The van der Waals surface area contributed by atoms with E-state index in [1.54, 1.807) is 7.11 Å². The molecule has 1 heterocycles. The highest BCUT2D eigenvalue weighted by atomic mass is 16.5. The summed E-state index contributed by atoms with van der Waals surface area (Å²) in [6.45, 7) is 11.9. The van der Waals surface area contributed by atoms with E-state index in [-0.39, 0.29) is 5.56 Å². The Morgan fingerprint density at radius 1 is 1.12 bits per heavy atom. The first-order valence-corrected chi connectivity index (χ1v) is 8.94. The third kappa shape index (κ3) is 4.03. The zero-order chi connectivity index (χ0) is 18.6. The van der Waals surface area contributed by atoms with Crippen molar-refractivity contribution < 1.29 is 4.74 Å². The molecule has 5 heteroatoms. The lowest BCUT2D eigenvalue weighted by molar-refractivity contribution is 0.415. The Hall–Kier alpha value is -2.30. The molecule has 1 aromatic heterocycles. The minimum Gasteiger partial charge on any atom is -0.496 e. The second-order valence-corrected chi connectivity index (χ2v) is 6.49. The monoisotopic (exact) mass is 343 g/mol. The minimum atomic E-state index is -0.0913. The number of H-pyrrole nitrogens is 1. The molecule has 0 aliphatic heterocycles. The van der Waals surface area contributed by atoms with Crippen LogP contribution in [-0.2, 0) is 0 Å². The van der Waals surface area contributed by atoms with E-state index in [0.717, 1.165) is 54.1 Å². The van der Waals surface area contributed by atoms with Crippen molar-refractivity contribution in [3.63, 3.8) is 0 Å². The number of anilines is 1. The van der Waals surface area contributed by atoms with Crippen molar-refractivity contribution >= 4 is 5.69 Å². The predicted octanol–water partition coefficient (Wildman–Crippen LogP) is 4.00. The average Bonchev–Trinajstić information content (AvgIpc) is 2.53. The fourth-order valence-corrected chi connectivity index (χ4v) is 3.34. The number of hydrogen-bond acceptors (Lipinski definition) is 4. The molecular weight excluding hydrogens is 314 g/mol. The van der Waals surface area contributed by atoms with Crippen LogP contribution in [0.15, 0.2) is 16.9 Å². The summed E-state index contributed by atoms with van der Waals surface area (Å²) in [5.74, 6) is 1.29. The van der Waals surface area contributed by atoms with Crippen LogP contribution >= 0.6 is 0 Å². The molecule has 0 saturated heterocycles. The van der Waals surface area contributed by atoms with Crippen molar-refractivity contribution in [3.05, 3.63) is 39.3 Å². The average molecular weight is 343 g/mol. The zero-order valence-electron chi connectivity index (χ0n) is 16.2. The van der Waals surface area contributed by atoms with Crippen molar-refractivity contribution in [2.24, 2.45) is 0 Å². The van der Waals surface area contributed by atoms with Gasteiger partial charge in [-0.25, -0.2) is 4.98 Å². The maximum absolute atomic E-state index is 12.8. The Bertz CT molecular complexity index is 790. The molecule has 0 amide bonds. The number of aryl methyl sites for hydroxylation is 3. The van der Waals surface area contributed by atoms with Gasteiger partial charge in [0.2, 0.25) is 0 Å². The molecule has 0 saturated carbocycles. The number of ether oxygens (including phenoxy) is 1. The Kier molecular flexibility index (Phi) is 6.23. The van der Waals surface area contributed by atoms with E-state index >= 15 is 0 Å². The molecule has 0 bridgehead atoms. The largest absolute Gasteiger partial charge is 0.496 e. The normalized spacial score (nSPS) is 10.8. The molecule has 25 heavy (non-hydrogen) atoms. The molecular formula is C20H29N3O2. The Balaban J connectivity index is 2.60. The van der Waals surface area contributed by atoms with Gasteiger partial charge in [-0.05, 0) is 50.8 Å². The first-order chi connectivity index (χ1) is 11.9. The number of nitrogens with zero attached hydrogens (tertiary/aromatic N) is 2. The van der Waals surface area contributed by atoms with Crippen molar-refractivity contribution in [2.75, 3.05) is 25.1 Å². The molecule has 2 rings (SSSR count). The zero-order valence-corrected chi connectivity index (χ0v) is 16.2. The second kappa shape index (κ2) is 8.19. The number of rotatable bonds is 7. The standard InChI is InChI=1S/C20H29N3O2/c1-7-9-23(10-8-2)18-15(5)21-19(22-20(18)24)17-14(4)11-13(3)12-16(17)25-6/h11-12H,7-10H2,1-6H3,(H,21,22,24). The van der Waals surface area contributed by atoms with Gasteiger partial charge in [-0.15, -0.1) is 0 Å². The van der Waals surface area contributed by atoms with E-state index in [9.17, 15) is 4.79 Å². The van der Waals surface area contributed by atoms with E-state index < -0.39 is 0 Å². The Labute approximate surface area is 150 Å². The lowest BCUT2D eigenvalue weighted by Crippen LogP contribution is -2.32. The van der Waals surface area contributed by atoms with Crippen LogP contribution in [0.1, 0.15) is 43.5 Å². The van der Waals surface area contributed by atoms with E-state index in [2.05, 4.69) is 29.8 Å². The first kappa shape index (κ1) is 19.0. The van der Waals surface area contributed by atoms with Crippen LogP contribution in [0.5, 0.6) is 5.75 Å². The van der Waals surface area contributed by atoms with Gasteiger partial charge in [-0.1, -0.05) is 19.9 Å². The van der Waals surface area contributed by atoms with Gasteiger partial charge in [0.1, 0.15) is 17.3 Å². The number of benzene rings is 1. The highest BCUT2D eigenvalue weighted by Gasteiger charge is 2.18. The van der Waals surface area contributed by atoms with Crippen molar-refractivity contribution in [1.82, 2.24) is 9.97 Å². The van der Waals surface area contributed by atoms with Gasteiger partial charge in [-0.3, -0.25) is 4.79 Å². The maximum Gasteiger partial charge on any atom is 0.275 e. The van der Waals surface area contributed by atoms with Gasteiger partial charge in [0.25, 0.3) is 5.56 Å². The van der Waals surface area contributed by atoms with Gasteiger partial charge in [0.15, 0.2) is 0 Å². The van der Waals surface area contributed by atoms with Crippen LogP contribution in [0.4, 0.5) is 5.69 Å². The topological polar surface area (TPSA) is 58.2 Å². The number of nitrogens with one attached hydrogen (secondary N) is 1. The summed E-state index contributed by atoms with van der Waals surface area (Å²) in [7, 11) is 1.64. The van der Waals surface area contributed by atoms with Crippen LogP contribution in [-0.4, -0.2) is 30.2 Å². The van der Waals surface area contributed by atoms with E-state index in [4.69, 9.17) is 9.72 Å². The van der Waals surface area contributed by atoms with Crippen molar-refractivity contribution in [1.29, 1.82) is 0 Å². The molecule has 136 valence electrons. The molecule has 0 fully saturated rings. The lowest BCUT2D eigenvalue weighted by Gasteiger charge is -2.24. The molecule has 0 radical (unpaired) electrons.